The zero-order valence-electron chi connectivity index (χ0n) is 15.7. The van der Waals surface area contributed by atoms with Crippen LogP contribution in [0.25, 0.3) is 0 Å². The van der Waals surface area contributed by atoms with Gasteiger partial charge in [-0.3, -0.25) is 14.6 Å². The van der Waals surface area contributed by atoms with Gasteiger partial charge in [0.05, 0.1) is 6.54 Å². The molecule has 2 amide bonds. The van der Waals surface area contributed by atoms with Crippen LogP contribution in [0.5, 0.6) is 0 Å². The Kier molecular flexibility index (Phi) is 7.49. The van der Waals surface area contributed by atoms with E-state index < -0.39 is 0 Å². The molecule has 148 valence electrons. The van der Waals surface area contributed by atoms with E-state index in [2.05, 4.69) is 36.9 Å². The second-order valence-electron chi connectivity index (χ2n) is 6.36. The highest BCUT2D eigenvalue weighted by Crippen LogP contribution is 2.15. The van der Waals surface area contributed by atoms with Crippen molar-refractivity contribution in [3.63, 3.8) is 0 Å². The standard InChI is InChI=1S/C22H21BrN4O2/c23-20-6-2-1-5-18(20)14-25-15-21(28)27-19-9-7-17(8-10-19)22(29)26-13-16-4-3-11-24-12-16/h1-12,25H,13-15H2,(H,26,29)(H,27,28). The van der Waals surface area contributed by atoms with Crippen molar-refractivity contribution in [1.29, 1.82) is 0 Å². The molecular weight excluding hydrogens is 432 g/mol. The van der Waals surface area contributed by atoms with Crippen LogP contribution in [0, 0.1) is 0 Å². The normalized spacial score (nSPS) is 10.4. The van der Waals surface area contributed by atoms with Crippen LogP contribution < -0.4 is 16.0 Å². The fourth-order valence-electron chi connectivity index (χ4n) is 2.65. The monoisotopic (exact) mass is 452 g/mol. The number of benzene rings is 2. The topological polar surface area (TPSA) is 83.1 Å². The summed E-state index contributed by atoms with van der Waals surface area (Å²) in [5, 5.41) is 8.77. The van der Waals surface area contributed by atoms with Crippen LogP contribution in [-0.2, 0) is 17.9 Å². The van der Waals surface area contributed by atoms with Crippen molar-refractivity contribution < 1.29 is 9.59 Å². The van der Waals surface area contributed by atoms with Crippen molar-refractivity contribution in [3.8, 4) is 0 Å². The van der Waals surface area contributed by atoms with Crippen molar-refractivity contribution in [3.05, 3.63) is 94.2 Å². The van der Waals surface area contributed by atoms with Crippen molar-refractivity contribution in [1.82, 2.24) is 15.6 Å². The summed E-state index contributed by atoms with van der Waals surface area (Å²) in [5.74, 6) is -0.326. The molecule has 7 heteroatoms. The number of hydrogen-bond donors (Lipinski definition) is 3. The van der Waals surface area contributed by atoms with E-state index in [4.69, 9.17) is 0 Å². The van der Waals surface area contributed by atoms with Gasteiger partial charge in [-0.1, -0.05) is 40.2 Å². The Labute approximate surface area is 177 Å². The molecule has 0 unspecified atom stereocenters. The fourth-order valence-corrected chi connectivity index (χ4v) is 3.07. The van der Waals surface area contributed by atoms with Crippen molar-refractivity contribution in [2.24, 2.45) is 0 Å². The minimum atomic E-state index is -0.179. The van der Waals surface area contributed by atoms with Gasteiger partial charge in [-0.2, -0.15) is 0 Å². The molecule has 3 N–H and O–H groups in total. The Bertz CT molecular complexity index is 962. The Balaban J connectivity index is 1.44. The van der Waals surface area contributed by atoms with Gasteiger partial charge in [0.15, 0.2) is 0 Å². The maximum atomic E-state index is 12.2. The lowest BCUT2D eigenvalue weighted by Crippen LogP contribution is -2.28. The van der Waals surface area contributed by atoms with Crippen LogP contribution in [-0.4, -0.2) is 23.3 Å². The number of halogens is 1. The lowest BCUT2D eigenvalue weighted by Gasteiger charge is -2.09. The maximum Gasteiger partial charge on any atom is 0.251 e. The molecule has 6 nitrogen and oxygen atoms in total. The van der Waals surface area contributed by atoms with Gasteiger partial charge in [-0.25, -0.2) is 0 Å². The highest BCUT2D eigenvalue weighted by Gasteiger charge is 2.07. The highest BCUT2D eigenvalue weighted by molar-refractivity contribution is 9.10. The van der Waals surface area contributed by atoms with E-state index in [9.17, 15) is 9.59 Å². The van der Waals surface area contributed by atoms with E-state index in [1.54, 1.807) is 36.7 Å². The van der Waals surface area contributed by atoms with Gasteiger partial charge < -0.3 is 16.0 Å². The van der Waals surface area contributed by atoms with Crippen molar-refractivity contribution >= 4 is 33.4 Å². The zero-order valence-corrected chi connectivity index (χ0v) is 17.3. The van der Waals surface area contributed by atoms with Crippen LogP contribution in [0.2, 0.25) is 0 Å². The molecule has 0 atom stereocenters. The Hall–Kier alpha value is -3.03. The average molecular weight is 453 g/mol. The molecular formula is C22H21BrN4O2. The predicted molar refractivity (Wildman–Crippen MR) is 116 cm³/mol. The number of aromatic nitrogens is 1. The average Bonchev–Trinajstić information content (AvgIpc) is 2.75. The second kappa shape index (κ2) is 10.5. The summed E-state index contributed by atoms with van der Waals surface area (Å²) in [6.45, 7) is 1.19. The number of carbonyl (C=O) groups is 2. The van der Waals surface area contributed by atoms with E-state index in [0.717, 1.165) is 15.6 Å². The van der Waals surface area contributed by atoms with Gasteiger partial charge in [-0.15, -0.1) is 0 Å². The molecule has 0 bridgehead atoms. The van der Waals surface area contributed by atoms with Gasteiger partial charge in [0.2, 0.25) is 5.91 Å². The lowest BCUT2D eigenvalue weighted by molar-refractivity contribution is -0.115. The molecule has 0 aliphatic carbocycles. The molecule has 0 spiro atoms. The largest absolute Gasteiger partial charge is 0.348 e. The molecule has 3 aromatic rings. The maximum absolute atomic E-state index is 12.2. The molecule has 0 saturated heterocycles. The van der Waals surface area contributed by atoms with Gasteiger partial charge in [0, 0.05) is 41.2 Å². The summed E-state index contributed by atoms with van der Waals surface area (Å²) in [5.41, 5.74) is 3.18. The summed E-state index contributed by atoms with van der Waals surface area (Å²) < 4.78 is 1.00. The Morgan fingerprint density at radius 3 is 2.45 bits per heavy atom. The number of hydrogen-bond acceptors (Lipinski definition) is 4. The minimum Gasteiger partial charge on any atom is -0.348 e. The molecule has 0 saturated carbocycles. The summed E-state index contributed by atoms with van der Waals surface area (Å²) in [6, 6.07) is 18.4. The molecule has 1 aromatic heterocycles. The van der Waals surface area contributed by atoms with E-state index in [1.165, 1.54) is 0 Å². The predicted octanol–water partition coefficient (Wildman–Crippen LogP) is 3.50. The molecule has 0 fully saturated rings. The molecule has 0 radical (unpaired) electrons. The number of pyridine rings is 1. The SMILES string of the molecule is O=C(CNCc1ccccc1Br)Nc1ccc(C(=O)NCc2cccnc2)cc1. The van der Waals surface area contributed by atoms with Gasteiger partial charge in [-0.05, 0) is 47.5 Å². The first-order valence-electron chi connectivity index (χ1n) is 9.13. The number of rotatable bonds is 8. The number of carbonyl (C=O) groups excluding carboxylic acids is 2. The third kappa shape index (κ3) is 6.51. The summed E-state index contributed by atoms with van der Waals surface area (Å²) in [4.78, 5) is 28.3. The summed E-state index contributed by atoms with van der Waals surface area (Å²) in [7, 11) is 0. The lowest BCUT2D eigenvalue weighted by atomic mass is 10.2. The fraction of sp³-hybridized carbons (Fsp3) is 0.136. The van der Waals surface area contributed by atoms with Crippen molar-refractivity contribution in [2.75, 3.05) is 11.9 Å². The number of anilines is 1. The van der Waals surface area contributed by atoms with E-state index in [-0.39, 0.29) is 18.4 Å². The second-order valence-corrected chi connectivity index (χ2v) is 7.22. The zero-order chi connectivity index (χ0) is 20.5. The summed E-state index contributed by atoms with van der Waals surface area (Å²) in [6.07, 6.45) is 3.40. The van der Waals surface area contributed by atoms with Crippen LogP contribution in [0.3, 0.4) is 0 Å². The van der Waals surface area contributed by atoms with Crippen molar-refractivity contribution in [2.45, 2.75) is 13.1 Å². The molecule has 0 aliphatic heterocycles. The molecule has 29 heavy (non-hydrogen) atoms. The van der Waals surface area contributed by atoms with Gasteiger partial charge in [0.25, 0.3) is 5.91 Å². The number of amides is 2. The van der Waals surface area contributed by atoms with Gasteiger partial charge >= 0.3 is 0 Å². The third-order valence-electron chi connectivity index (χ3n) is 4.17. The van der Waals surface area contributed by atoms with Crippen LogP contribution in [0.4, 0.5) is 5.69 Å². The van der Waals surface area contributed by atoms with Crippen LogP contribution in [0.1, 0.15) is 21.5 Å². The Morgan fingerprint density at radius 2 is 1.72 bits per heavy atom. The van der Waals surface area contributed by atoms with Crippen LogP contribution >= 0.6 is 15.9 Å². The highest BCUT2D eigenvalue weighted by atomic mass is 79.9. The Morgan fingerprint density at radius 1 is 0.931 bits per heavy atom. The molecule has 0 aliphatic rings. The summed E-state index contributed by atoms with van der Waals surface area (Å²) >= 11 is 3.48. The van der Waals surface area contributed by atoms with Crippen LogP contribution in [0.15, 0.2) is 77.5 Å². The minimum absolute atomic E-state index is 0.147. The first-order chi connectivity index (χ1) is 14.1. The van der Waals surface area contributed by atoms with E-state index in [1.807, 2.05) is 36.4 Å². The van der Waals surface area contributed by atoms with Gasteiger partial charge in [0.1, 0.15) is 0 Å². The third-order valence-corrected chi connectivity index (χ3v) is 4.94. The first kappa shape index (κ1) is 20.7. The smallest absolute Gasteiger partial charge is 0.251 e. The number of nitrogens with one attached hydrogen (secondary N) is 3. The van der Waals surface area contributed by atoms with E-state index in [0.29, 0.717) is 24.3 Å². The quantitative estimate of drug-likeness (QED) is 0.488. The van der Waals surface area contributed by atoms with E-state index >= 15 is 0 Å². The number of nitrogens with zero attached hydrogens (tertiary/aromatic N) is 1. The first-order valence-corrected chi connectivity index (χ1v) is 9.92. The molecule has 2 aromatic carbocycles. The molecule has 3 rings (SSSR count). The molecule has 1 heterocycles.